The van der Waals surface area contributed by atoms with Gasteiger partial charge in [-0.3, -0.25) is 14.7 Å². The number of carbonyl (C=O) groups excluding carboxylic acids is 1. The fourth-order valence-electron chi connectivity index (χ4n) is 2.67. The van der Waals surface area contributed by atoms with Crippen molar-refractivity contribution in [3.05, 3.63) is 60.4 Å². The topological polar surface area (TPSA) is 114 Å². The predicted octanol–water partition coefficient (Wildman–Crippen LogP) is 1.73. The third-order valence-electron chi connectivity index (χ3n) is 3.83. The smallest absolute Gasteiger partial charge is 0.285 e. The fourth-order valence-corrected chi connectivity index (χ4v) is 3.53. The molecule has 0 saturated carbocycles. The monoisotopic (exact) mass is 382 g/mol. The molecule has 9 nitrogen and oxygen atoms in total. The van der Waals surface area contributed by atoms with Crippen LogP contribution < -0.4 is 20.6 Å². The van der Waals surface area contributed by atoms with Gasteiger partial charge in [0, 0.05) is 22.3 Å². The number of nitrogens with zero attached hydrogens (tertiary/aromatic N) is 4. The van der Waals surface area contributed by atoms with Gasteiger partial charge in [0.1, 0.15) is 12.6 Å². The minimum Gasteiger partial charge on any atom is -0.530 e. The Morgan fingerprint density at radius 2 is 2.19 bits per heavy atom. The summed E-state index contributed by atoms with van der Waals surface area (Å²) in [5.74, 6) is 2.46. The molecule has 1 aromatic carbocycles. The second-order valence-electron chi connectivity index (χ2n) is 5.89. The summed E-state index contributed by atoms with van der Waals surface area (Å²) < 4.78 is 2.05. The Morgan fingerprint density at radius 1 is 1.37 bits per heavy atom. The highest BCUT2D eigenvalue weighted by Crippen LogP contribution is 2.29. The molecule has 1 radical (unpaired) electrons. The predicted molar refractivity (Wildman–Crippen MR) is 102 cm³/mol. The number of carbonyl (C=O) groups is 1. The lowest BCUT2D eigenvalue weighted by Crippen LogP contribution is -2.42. The molecule has 27 heavy (non-hydrogen) atoms. The van der Waals surface area contributed by atoms with Crippen LogP contribution in [0.25, 0.3) is 0 Å². The van der Waals surface area contributed by atoms with Gasteiger partial charge in [0.15, 0.2) is 12.0 Å². The molecule has 0 saturated heterocycles. The van der Waals surface area contributed by atoms with Gasteiger partial charge in [-0.2, -0.15) is 10.1 Å². The summed E-state index contributed by atoms with van der Waals surface area (Å²) in [5.41, 5.74) is 1.44. The number of hydrogen-bond donors (Lipinski definition) is 3. The lowest BCUT2D eigenvalue weighted by atomic mass is 10.3. The summed E-state index contributed by atoms with van der Waals surface area (Å²) in [4.78, 5) is 17.9. The second kappa shape index (κ2) is 7.17. The summed E-state index contributed by atoms with van der Waals surface area (Å²) >= 11 is 1.52. The van der Waals surface area contributed by atoms with E-state index in [4.69, 9.17) is 0 Å². The SMILES string of the molecule is Cc1cc(NC2=CN(Sc3ccc(NC(=O)[O-])cc3)CC3=NC=C[N+]23)n[nH]1. The average Bonchev–Trinajstić information content (AvgIpc) is 3.25. The zero-order valence-corrected chi connectivity index (χ0v) is 15.2. The van der Waals surface area contributed by atoms with Crippen molar-refractivity contribution in [1.82, 2.24) is 19.4 Å². The van der Waals surface area contributed by atoms with Crippen molar-refractivity contribution in [2.24, 2.45) is 4.99 Å². The molecule has 0 atom stereocenters. The first kappa shape index (κ1) is 17.2. The number of amides is 1. The van der Waals surface area contributed by atoms with Gasteiger partial charge in [0.05, 0.1) is 12.4 Å². The highest BCUT2D eigenvalue weighted by atomic mass is 32.2. The van der Waals surface area contributed by atoms with Gasteiger partial charge in [0.2, 0.25) is 0 Å². The van der Waals surface area contributed by atoms with Gasteiger partial charge < -0.3 is 15.2 Å². The number of nitrogens with one attached hydrogen (secondary N) is 3. The van der Waals surface area contributed by atoms with E-state index in [0.717, 1.165) is 28.1 Å². The van der Waals surface area contributed by atoms with Crippen LogP contribution in [0.15, 0.2) is 64.6 Å². The van der Waals surface area contributed by atoms with Crippen LogP contribution in [0.4, 0.5) is 16.3 Å². The van der Waals surface area contributed by atoms with E-state index in [1.54, 1.807) is 18.3 Å². The van der Waals surface area contributed by atoms with Crippen molar-refractivity contribution in [1.29, 1.82) is 0 Å². The molecule has 2 aliphatic heterocycles. The Hall–Kier alpha value is -3.24. The van der Waals surface area contributed by atoms with Crippen molar-refractivity contribution in [3.63, 3.8) is 0 Å². The van der Waals surface area contributed by atoms with E-state index in [1.807, 2.05) is 46.7 Å². The number of aliphatic imine (C=N–C) groups is 1. The molecule has 0 aliphatic carbocycles. The quantitative estimate of drug-likeness (QED) is 0.536. The van der Waals surface area contributed by atoms with E-state index in [-0.39, 0.29) is 0 Å². The Labute approximate surface area is 159 Å². The third kappa shape index (κ3) is 3.96. The van der Waals surface area contributed by atoms with Crippen LogP contribution >= 0.6 is 11.9 Å². The number of fused-ring (bicyclic) bond motifs is 1. The number of anilines is 2. The third-order valence-corrected chi connectivity index (χ3v) is 4.78. The van der Waals surface area contributed by atoms with Gasteiger partial charge in [-0.15, -0.1) is 0 Å². The zero-order valence-electron chi connectivity index (χ0n) is 14.3. The molecule has 1 amide bonds. The average molecular weight is 382 g/mol. The van der Waals surface area contributed by atoms with Crippen LogP contribution in [0.2, 0.25) is 0 Å². The van der Waals surface area contributed by atoms with Crippen LogP contribution in [-0.4, -0.2) is 33.0 Å². The molecule has 137 valence electrons. The van der Waals surface area contributed by atoms with Gasteiger partial charge >= 0.3 is 0 Å². The minimum atomic E-state index is -1.33. The number of hydrogen-bond acceptors (Lipinski definition) is 8. The molecule has 0 fully saturated rings. The fraction of sp³-hybridized carbons (Fsp3) is 0.118. The molecule has 3 heterocycles. The van der Waals surface area contributed by atoms with Gasteiger partial charge in [-0.1, -0.05) is 0 Å². The second-order valence-corrected chi connectivity index (χ2v) is 7.02. The van der Waals surface area contributed by atoms with E-state index in [2.05, 4.69) is 25.8 Å². The van der Waals surface area contributed by atoms with Gasteiger partial charge in [0.25, 0.3) is 11.7 Å². The molecule has 0 bridgehead atoms. The standard InChI is InChI=1S/C17H17N7O2S/c1-11-8-14(22-21-11)20-16-10-23(9-15-18-6-7-24(15)16)27-13-4-2-12(3-5-13)19-17(25)26/h2-8,10,19H,9H2,1H3,(H,25,26)(H2,20,21,22)/q+1/p-1. The van der Waals surface area contributed by atoms with Gasteiger partial charge in [-0.25, -0.2) is 0 Å². The molecule has 4 rings (SSSR count). The van der Waals surface area contributed by atoms with Crippen molar-refractivity contribution < 1.29 is 9.90 Å². The van der Waals surface area contributed by atoms with E-state index in [0.29, 0.717) is 12.2 Å². The highest BCUT2D eigenvalue weighted by molar-refractivity contribution is 7.97. The first-order chi connectivity index (χ1) is 13.1. The number of amidine groups is 1. The first-order valence-corrected chi connectivity index (χ1v) is 8.90. The molecular weight excluding hydrogens is 366 g/mol. The Morgan fingerprint density at radius 3 is 2.89 bits per heavy atom. The normalized spacial score (nSPS) is 16.0. The van der Waals surface area contributed by atoms with Crippen LogP contribution in [-0.2, 0) is 0 Å². The zero-order chi connectivity index (χ0) is 18.8. The van der Waals surface area contributed by atoms with Crippen LogP contribution in [0.5, 0.6) is 0 Å². The summed E-state index contributed by atoms with van der Waals surface area (Å²) in [6.45, 7) is 2.57. The summed E-state index contributed by atoms with van der Waals surface area (Å²) in [5, 5.41) is 23.2. The molecule has 2 aliphatic rings. The molecule has 1 aromatic heterocycles. The maximum absolute atomic E-state index is 10.6. The summed E-state index contributed by atoms with van der Waals surface area (Å²) in [7, 11) is 0. The Bertz CT molecular complexity index is 948. The number of rotatable bonds is 5. The molecule has 3 N–H and O–H groups in total. The van der Waals surface area contributed by atoms with E-state index < -0.39 is 6.09 Å². The van der Waals surface area contributed by atoms with E-state index in [1.165, 1.54) is 11.9 Å². The molecule has 0 unspecified atom stereocenters. The van der Waals surface area contributed by atoms with Crippen molar-refractivity contribution in [3.8, 4) is 0 Å². The first-order valence-electron chi connectivity index (χ1n) is 8.13. The highest BCUT2D eigenvalue weighted by Gasteiger charge is 2.37. The Kier molecular flexibility index (Phi) is 4.57. The largest absolute Gasteiger partial charge is 0.530 e. The van der Waals surface area contributed by atoms with Crippen molar-refractivity contribution >= 4 is 35.4 Å². The minimum absolute atomic E-state index is 0.473. The molecule has 2 aromatic rings. The number of aromatic nitrogens is 2. The number of benzene rings is 1. The number of H-pyrrole nitrogens is 1. The summed E-state index contributed by atoms with van der Waals surface area (Å²) in [6, 6.07) is 8.99. The lowest BCUT2D eigenvalue weighted by Gasteiger charge is -2.24. The number of carboxylic acid groups (broad SMARTS) is 1. The van der Waals surface area contributed by atoms with Crippen LogP contribution in [0, 0.1) is 6.92 Å². The van der Waals surface area contributed by atoms with Crippen LogP contribution in [0.3, 0.4) is 0 Å². The Balaban J connectivity index is 1.51. The maximum Gasteiger partial charge on any atom is 0.285 e. The number of aromatic amines is 1. The molecule has 10 heteroatoms. The summed E-state index contributed by atoms with van der Waals surface area (Å²) in [6.07, 6.45) is 4.31. The number of aryl methyl sites for hydroxylation is 1. The lowest BCUT2D eigenvalue weighted by molar-refractivity contribution is -0.242. The van der Waals surface area contributed by atoms with Crippen molar-refractivity contribution in [2.75, 3.05) is 17.2 Å². The maximum atomic E-state index is 10.6. The van der Waals surface area contributed by atoms with Crippen molar-refractivity contribution in [2.45, 2.75) is 11.8 Å². The van der Waals surface area contributed by atoms with Crippen LogP contribution in [0.1, 0.15) is 5.69 Å². The van der Waals surface area contributed by atoms with E-state index >= 15 is 0 Å². The molecular formula is C17H16N7O2S. The van der Waals surface area contributed by atoms with E-state index in [9.17, 15) is 9.90 Å². The van der Waals surface area contributed by atoms with Gasteiger partial charge in [-0.05, 0) is 48.0 Å². The molecule has 0 spiro atoms.